The summed E-state index contributed by atoms with van der Waals surface area (Å²) >= 11 is 0. The molecule has 2 nitrogen and oxygen atoms in total. The number of benzene rings is 2. The molecule has 0 spiro atoms. The number of hydrogen-bond acceptors (Lipinski definition) is 0. The van der Waals surface area contributed by atoms with Crippen LogP contribution in [0.25, 0.3) is 0 Å². The van der Waals surface area contributed by atoms with Crippen LogP contribution in [0.3, 0.4) is 0 Å². The number of aryl methyl sites for hydroxylation is 1. The minimum Gasteiger partial charge on any atom is -0.322 e. The van der Waals surface area contributed by atoms with Crippen LogP contribution in [0.15, 0.2) is 48.5 Å². The van der Waals surface area contributed by atoms with E-state index in [1.807, 2.05) is 12.1 Å². The zero-order valence-corrected chi connectivity index (χ0v) is 13.2. The minimum absolute atomic E-state index is 0.147. The number of quaternary nitrogens is 2. The SMILES string of the molecule is Cc1cccc(C[NH+]2CC[NH+](Cc3ccc(F)cc3)CC2)c1. The van der Waals surface area contributed by atoms with Gasteiger partial charge in [-0.3, -0.25) is 0 Å². The predicted molar refractivity (Wildman–Crippen MR) is 86.4 cm³/mol. The molecule has 116 valence electrons. The van der Waals surface area contributed by atoms with Crippen LogP contribution in [0, 0.1) is 12.7 Å². The van der Waals surface area contributed by atoms with Crippen LogP contribution in [0.5, 0.6) is 0 Å². The van der Waals surface area contributed by atoms with Gasteiger partial charge in [0, 0.05) is 11.1 Å². The van der Waals surface area contributed by atoms with Gasteiger partial charge in [-0.2, -0.15) is 0 Å². The highest BCUT2D eigenvalue weighted by Gasteiger charge is 2.23. The Morgan fingerprint density at radius 2 is 1.41 bits per heavy atom. The van der Waals surface area contributed by atoms with Gasteiger partial charge in [-0.25, -0.2) is 4.39 Å². The lowest BCUT2D eigenvalue weighted by molar-refractivity contribution is -1.02. The van der Waals surface area contributed by atoms with Crippen molar-refractivity contribution in [2.45, 2.75) is 20.0 Å². The Labute approximate surface area is 132 Å². The number of rotatable bonds is 4. The molecule has 1 aliphatic heterocycles. The van der Waals surface area contributed by atoms with E-state index in [9.17, 15) is 4.39 Å². The molecule has 1 heterocycles. The van der Waals surface area contributed by atoms with Crippen molar-refractivity contribution in [1.82, 2.24) is 0 Å². The third-order valence-electron chi connectivity index (χ3n) is 4.57. The van der Waals surface area contributed by atoms with E-state index < -0.39 is 0 Å². The topological polar surface area (TPSA) is 8.88 Å². The fourth-order valence-electron chi connectivity index (χ4n) is 3.31. The molecule has 1 aliphatic rings. The van der Waals surface area contributed by atoms with E-state index in [-0.39, 0.29) is 5.82 Å². The Morgan fingerprint density at radius 3 is 2.00 bits per heavy atom. The molecule has 22 heavy (non-hydrogen) atoms. The first-order chi connectivity index (χ1) is 10.7. The largest absolute Gasteiger partial charge is 0.322 e. The van der Waals surface area contributed by atoms with E-state index >= 15 is 0 Å². The zero-order valence-electron chi connectivity index (χ0n) is 13.2. The van der Waals surface area contributed by atoms with Gasteiger partial charge in [0.05, 0.1) is 0 Å². The van der Waals surface area contributed by atoms with Gasteiger partial charge in [0.1, 0.15) is 45.1 Å². The molecule has 0 unspecified atom stereocenters. The highest BCUT2D eigenvalue weighted by Crippen LogP contribution is 2.02. The van der Waals surface area contributed by atoms with Crippen molar-refractivity contribution >= 4 is 0 Å². The third-order valence-corrected chi connectivity index (χ3v) is 4.57. The fourth-order valence-corrected chi connectivity index (χ4v) is 3.31. The van der Waals surface area contributed by atoms with Gasteiger partial charge < -0.3 is 9.80 Å². The molecule has 3 heteroatoms. The summed E-state index contributed by atoms with van der Waals surface area (Å²) in [7, 11) is 0. The molecule has 0 aromatic heterocycles. The van der Waals surface area contributed by atoms with Crippen LogP contribution < -0.4 is 9.80 Å². The lowest BCUT2D eigenvalue weighted by Gasteiger charge is -2.29. The average Bonchev–Trinajstić information content (AvgIpc) is 2.52. The number of hydrogen-bond donors (Lipinski definition) is 2. The van der Waals surface area contributed by atoms with Crippen molar-refractivity contribution in [3.63, 3.8) is 0 Å². The average molecular weight is 300 g/mol. The second kappa shape index (κ2) is 7.03. The monoisotopic (exact) mass is 300 g/mol. The molecule has 2 aromatic carbocycles. The van der Waals surface area contributed by atoms with Gasteiger partial charge in [-0.15, -0.1) is 0 Å². The van der Waals surface area contributed by atoms with Gasteiger partial charge in [0.15, 0.2) is 0 Å². The zero-order chi connectivity index (χ0) is 15.4. The van der Waals surface area contributed by atoms with E-state index in [0.717, 1.165) is 13.1 Å². The first-order valence-corrected chi connectivity index (χ1v) is 8.16. The normalized spacial score (nSPS) is 21.7. The van der Waals surface area contributed by atoms with E-state index in [1.165, 1.54) is 42.9 Å². The van der Waals surface area contributed by atoms with Crippen LogP contribution >= 0.6 is 0 Å². The fraction of sp³-hybridized carbons (Fsp3) is 0.368. The molecular formula is C19H25FN2+2. The molecule has 0 aliphatic carbocycles. The molecular weight excluding hydrogens is 275 g/mol. The molecule has 1 fully saturated rings. The molecule has 2 aromatic rings. The third kappa shape index (κ3) is 4.15. The van der Waals surface area contributed by atoms with E-state index in [2.05, 4.69) is 31.2 Å². The van der Waals surface area contributed by atoms with Crippen molar-refractivity contribution in [3.8, 4) is 0 Å². The Morgan fingerprint density at radius 1 is 0.818 bits per heavy atom. The highest BCUT2D eigenvalue weighted by molar-refractivity contribution is 5.21. The predicted octanol–water partition coefficient (Wildman–Crippen LogP) is 0.618. The molecule has 0 amide bonds. The molecule has 0 bridgehead atoms. The molecule has 0 radical (unpaired) electrons. The first-order valence-electron chi connectivity index (χ1n) is 8.16. The Balaban J connectivity index is 1.49. The van der Waals surface area contributed by atoms with Gasteiger partial charge in [0.25, 0.3) is 0 Å². The van der Waals surface area contributed by atoms with Crippen molar-refractivity contribution in [3.05, 3.63) is 71.0 Å². The number of halogens is 1. The maximum Gasteiger partial charge on any atom is 0.127 e. The van der Waals surface area contributed by atoms with Crippen molar-refractivity contribution in [1.29, 1.82) is 0 Å². The van der Waals surface area contributed by atoms with Gasteiger partial charge in [-0.05, 0) is 19.1 Å². The summed E-state index contributed by atoms with van der Waals surface area (Å²) in [4.78, 5) is 3.29. The van der Waals surface area contributed by atoms with Crippen LogP contribution in [0.4, 0.5) is 4.39 Å². The summed E-state index contributed by atoms with van der Waals surface area (Å²) in [6.07, 6.45) is 0. The van der Waals surface area contributed by atoms with Crippen molar-refractivity contribution in [2.24, 2.45) is 0 Å². The van der Waals surface area contributed by atoms with Gasteiger partial charge in [-0.1, -0.05) is 42.0 Å². The first kappa shape index (κ1) is 15.2. The maximum absolute atomic E-state index is 12.9. The minimum atomic E-state index is -0.147. The van der Waals surface area contributed by atoms with Gasteiger partial charge in [0.2, 0.25) is 0 Å². The van der Waals surface area contributed by atoms with E-state index in [0.29, 0.717) is 0 Å². The van der Waals surface area contributed by atoms with Crippen LogP contribution in [-0.2, 0) is 13.1 Å². The summed E-state index contributed by atoms with van der Waals surface area (Å²) < 4.78 is 12.9. The summed E-state index contributed by atoms with van der Waals surface area (Å²) in [5.41, 5.74) is 4.02. The maximum atomic E-state index is 12.9. The molecule has 0 atom stereocenters. The Kier molecular flexibility index (Phi) is 4.86. The molecule has 0 saturated carbocycles. The molecule has 3 rings (SSSR count). The number of piperazine rings is 1. The Hall–Kier alpha value is -1.71. The lowest BCUT2D eigenvalue weighted by Crippen LogP contribution is -3.27. The summed E-state index contributed by atoms with van der Waals surface area (Å²) in [5, 5.41) is 0. The second-order valence-corrected chi connectivity index (χ2v) is 6.47. The van der Waals surface area contributed by atoms with Crippen molar-refractivity contribution < 1.29 is 14.2 Å². The van der Waals surface area contributed by atoms with Crippen LogP contribution in [-0.4, -0.2) is 26.2 Å². The lowest BCUT2D eigenvalue weighted by atomic mass is 10.1. The summed E-state index contributed by atoms with van der Waals surface area (Å²) in [6.45, 7) is 9.11. The van der Waals surface area contributed by atoms with E-state index in [1.54, 1.807) is 21.9 Å². The molecule has 2 N–H and O–H groups in total. The Bertz CT molecular complexity index is 601. The standard InChI is InChI=1S/C19H23FN2/c1-16-3-2-4-18(13-16)15-22-11-9-21(10-12-22)14-17-5-7-19(20)8-6-17/h2-8,13H,9-12,14-15H2,1H3/p+2. The molecule has 1 saturated heterocycles. The summed E-state index contributed by atoms with van der Waals surface area (Å²) in [5.74, 6) is -0.147. The smallest absolute Gasteiger partial charge is 0.127 e. The van der Waals surface area contributed by atoms with Crippen LogP contribution in [0.2, 0.25) is 0 Å². The number of nitrogens with one attached hydrogen (secondary N) is 2. The second-order valence-electron chi connectivity index (χ2n) is 6.47. The quantitative estimate of drug-likeness (QED) is 0.819. The van der Waals surface area contributed by atoms with Gasteiger partial charge >= 0.3 is 0 Å². The van der Waals surface area contributed by atoms with E-state index in [4.69, 9.17) is 0 Å². The van der Waals surface area contributed by atoms with Crippen molar-refractivity contribution in [2.75, 3.05) is 26.2 Å². The van der Waals surface area contributed by atoms with Crippen LogP contribution in [0.1, 0.15) is 16.7 Å². The summed E-state index contributed by atoms with van der Waals surface area (Å²) in [6, 6.07) is 15.8. The highest BCUT2D eigenvalue weighted by atomic mass is 19.1.